The van der Waals surface area contributed by atoms with E-state index in [1.165, 1.54) is 5.56 Å². The van der Waals surface area contributed by atoms with Gasteiger partial charge in [-0.1, -0.05) is 12.1 Å². The molecule has 6 nitrogen and oxygen atoms in total. The van der Waals surface area contributed by atoms with Gasteiger partial charge in [-0.15, -0.1) is 6.58 Å². The first-order chi connectivity index (χ1) is 13.2. The average molecular weight is 367 g/mol. The van der Waals surface area contributed by atoms with Gasteiger partial charge in [-0.25, -0.2) is 4.98 Å². The van der Waals surface area contributed by atoms with Crippen LogP contribution in [0.15, 0.2) is 58.8 Å². The molecule has 2 N–H and O–H groups in total. The number of hydrogen-bond acceptors (Lipinski definition) is 4. The highest BCUT2D eigenvalue weighted by Crippen LogP contribution is 2.18. The molecule has 0 spiro atoms. The maximum atomic E-state index is 5.37. The number of hydrogen-bond donors (Lipinski definition) is 2. The van der Waals surface area contributed by atoms with Crippen molar-refractivity contribution in [2.75, 3.05) is 31.1 Å². The van der Waals surface area contributed by atoms with Crippen molar-refractivity contribution in [3.63, 3.8) is 0 Å². The minimum atomic E-state index is 0.409. The zero-order valence-electron chi connectivity index (χ0n) is 16.0. The Morgan fingerprint density at radius 1 is 1.37 bits per heavy atom. The molecule has 144 valence electrons. The summed E-state index contributed by atoms with van der Waals surface area (Å²) in [5.74, 6) is 2.87. The summed E-state index contributed by atoms with van der Waals surface area (Å²) in [5, 5.41) is 6.88. The number of rotatable bonds is 7. The van der Waals surface area contributed by atoms with Crippen LogP contribution in [0.25, 0.3) is 0 Å². The summed E-state index contributed by atoms with van der Waals surface area (Å²) in [5.41, 5.74) is 1.19. The molecule has 0 saturated carbocycles. The largest absolute Gasteiger partial charge is 0.469 e. The molecule has 3 heterocycles. The molecule has 0 unspecified atom stereocenters. The van der Waals surface area contributed by atoms with Crippen molar-refractivity contribution in [1.82, 2.24) is 15.6 Å². The minimum Gasteiger partial charge on any atom is -0.469 e. The number of anilines is 1. The normalized spacial score (nSPS) is 15.6. The van der Waals surface area contributed by atoms with Crippen molar-refractivity contribution in [2.24, 2.45) is 4.99 Å². The second-order valence-corrected chi connectivity index (χ2v) is 6.83. The topological polar surface area (TPSA) is 65.7 Å². The van der Waals surface area contributed by atoms with Crippen LogP contribution in [0.3, 0.4) is 0 Å². The van der Waals surface area contributed by atoms with Crippen molar-refractivity contribution in [1.29, 1.82) is 0 Å². The monoisotopic (exact) mass is 367 g/mol. The fourth-order valence-corrected chi connectivity index (χ4v) is 3.15. The quantitative estimate of drug-likeness (QED) is 0.447. The second-order valence-electron chi connectivity index (χ2n) is 6.83. The summed E-state index contributed by atoms with van der Waals surface area (Å²) in [7, 11) is 0. The highest BCUT2D eigenvalue weighted by Gasteiger charge is 2.20. The van der Waals surface area contributed by atoms with Gasteiger partial charge in [0.15, 0.2) is 5.96 Å². The van der Waals surface area contributed by atoms with Crippen LogP contribution >= 0.6 is 0 Å². The Bertz CT molecular complexity index is 716. The van der Waals surface area contributed by atoms with Gasteiger partial charge < -0.3 is 20.0 Å². The van der Waals surface area contributed by atoms with Gasteiger partial charge in [-0.2, -0.15) is 0 Å². The third-order valence-corrected chi connectivity index (χ3v) is 4.68. The highest BCUT2D eigenvalue weighted by molar-refractivity contribution is 5.80. The van der Waals surface area contributed by atoms with Gasteiger partial charge in [0, 0.05) is 44.8 Å². The van der Waals surface area contributed by atoms with E-state index in [0.29, 0.717) is 19.1 Å². The molecule has 2 aromatic heterocycles. The fraction of sp³-hybridized carbons (Fsp3) is 0.429. The summed E-state index contributed by atoms with van der Waals surface area (Å²) in [6.45, 7) is 9.21. The number of guanidine groups is 1. The van der Waals surface area contributed by atoms with E-state index in [-0.39, 0.29) is 0 Å². The summed E-state index contributed by atoms with van der Waals surface area (Å²) >= 11 is 0. The lowest BCUT2D eigenvalue weighted by molar-refractivity contribution is 0.459. The van der Waals surface area contributed by atoms with Crippen LogP contribution in [0.4, 0.5) is 5.82 Å². The number of aromatic nitrogens is 1. The predicted molar refractivity (Wildman–Crippen MR) is 110 cm³/mol. The number of aliphatic imine (C=N–C) groups is 1. The molecule has 1 aliphatic rings. The molecular weight excluding hydrogens is 338 g/mol. The Morgan fingerprint density at radius 2 is 2.22 bits per heavy atom. The van der Waals surface area contributed by atoms with Crippen molar-refractivity contribution in [2.45, 2.75) is 32.2 Å². The van der Waals surface area contributed by atoms with E-state index in [4.69, 9.17) is 4.42 Å². The van der Waals surface area contributed by atoms with Crippen LogP contribution < -0.4 is 15.5 Å². The molecule has 1 saturated heterocycles. The van der Waals surface area contributed by atoms with Crippen LogP contribution in [-0.2, 0) is 6.42 Å². The van der Waals surface area contributed by atoms with Crippen LogP contribution in [-0.4, -0.2) is 43.2 Å². The first-order valence-electron chi connectivity index (χ1n) is 9.60. The molecule has 2 aromatic rings. The van der Waals surface area contributed by atoms with Gasteiger partial charge in [0.2, 0.25) is 0 Å². The molecule has 3 rings (SSSR count). The zero-order chi connectivity index (χ0) is 18.9. The highest BCUT2D eigenvalue weighted by atomic mass is 16.3. The molecule has 1 fully saturated rings. The Balaban J connectivity index is 1.50. The summed E-state index contributed by atoms with van der Waals surface area (Å²) in [6.07, 6.45) is 8.39. The predicted octanol–water partition coefficient (Wildman–Crippen LogP) is 2.92. The van der Waals surface area contributed by atoms with Gasteiger partial charge in [0.1, 0.15) is 11.6 Å². The first kappa shape index (κ1) is 19.0. The number of furan rings is 1. The van der Waals surface area contributed by atoms with Crippen molar-refractivity contribution in [3.8, 4) is 0 Å². The van der Waals surface area contributed by atoms with E-state index in [9.17, 15) is 0 Å². The average Bonchev–Trinajstić information content (AvgIpc) is 3.21. The lowest BCUT2D eigenvalue weighted by Gasteiger charge is -2.33. The van der Waals surface area contributed by atoms with E-state index >= 15 is 0 Å². The Hall–Kier alpha value is -2.76. The molecule has 0 atom stereocenters. The maximum Gasteiger partial charge on any atom is 0.191 e. The smallest absolute Gasteiger partial charge is 0.191 e. The Kier molecular flexibility index (Phi) is 6.90. The van der Waals surface area contributed by atoms with Gasteiger partial charge in [0.25, 0.3) is 0 Å². The minimum absolute atomic E-state index is 0.409. The van der Waals surface area contributed by atoms with Crippen molar-refractivity contribution in [3.05, 3.63) is 60.7 Å². The molecule has 6 heteroatoms. The van der Waals surface area contributed by atoms with E-state index < -0.39 is 0 Å². The lowest BCUT2D eigenvalue weighted by atomic mass is 10.1. The van der Waals surface area contributed by atoms with Gasteiger partial charge >= 0.3 is 0 Å². The van der Waals surface area contributed by atoms with E-state index in [1.807, 2.05) is 24.4 Å². The molecule has 1 aliphatic heterocycles. The third kappa shape index (κ3) is 5.88. The van der Waals surface area contributed by atoms with Crippen LogP contribution in [0.2, 0.25) is 0 Å². The van der Waals surface area contributed by atoms with Crippen LogP contribution in [0.5, 0.6) is 0 Å². The maximum absolute atomic E-state index is 5.37. The fourth-order valence-electron chi connectivity index (χ4n) is 3.15. The van der Waals surface area contributed by atoms with Gasteiger partial charge in [-0.05, 0) is 43.5 Å². The molecule has 27 heavy (non-hydrogen) atoms. The Morgan fingerprint density at radius 3 is 2.89 bits per heavy atom. The van der Waals surface area contributed by atoms with E-state index in [0.717, 1.165) is 49.9 Å². The molecule has 0 aromatic carbocycles. The lowest BCUT2D eigenvalue weighted by Crippen LogP contribution is -2.49. The van der Waals surface area contributed by atoms with Crippen molar-refractivity contribution >= 4 is 11.8 Å². The number of piperidine rings is 1. The zero-order valence-corrected chi connectivity index (χ0v) is 16.0. The molecule has 0 aliphatic carbocycles. The van der Waals surface area contributed by atoms with Crippen molar-refractivity contribution < 1.29 is 4.42 Å². The molecule has 0 amide bonds. The summed E-state index contributed by atoms with van der Waals surface area (Å²) in [6, 6.07) is 8.53. The van der Waals surface area contributed by atoms with E-state index in [1.54, 1.807) is 6.26 Å². The first-order valence-corrected chi connectivity index (χ1v) is 9.60. The molecule has 0 radical (unpaired) electrons. The van der Waals surface area contributed by atoms with Crippen LogP contribution in [0.1, 0.15) is 24.2 Å². The summed E-state index contributed by atoms with van der Waals surface area (Å²) in [4.78, 5) is 11.6. The molecular formula is C21H29N5O. The summed E-state index contributed by atoms with van der Waals surface area (Å²) < 4.78 is 5.37. The van der Waals surface area contributed by atoms with E-state index in [2.05, 4.69) is 51.1 Å². The van der Waals surface area contributed by atoms with Crippen LogP contribution in [0, 0.1) is 6.92 Å². The second kappa shape index (κ2) is 9.80. The number of nitrogens with one attached hydrogen (secondary N) is 2. The van der Waals surface area contributed by atoms with Gasteiger partial charge in [-0.3, -0.25) is 4.99 Å². The SMILES string of the molecule is C=CCNC(=NCCc1ccco1)NC1CCN(c2ccc(C)cn2)CC1. The Labute approximate surface area is 161 Å². The van der Waals surface area contributed by atoms with Gasteiger partial charge in [0.05, 0.1) is 6.26 Å². The number of aryl methyl sites for hydroxylation is 1. The molecule has 0 bridgehead atoms. The number of nitrogens with zero attached hydrogens (tertiary/aromatic N) is 3. The standard InChI is InChI=1S/C21H29N5O/c1-3-11-22-21(23-12-8-19-5-4-15-27-19)25-18-9-13-26(14-10-18)20-7-6-17(2)16-24-20/h3-7,15-16,18H,1,8-14H2,2H3,(H2,22,23,25). The number of pyridine rings is 1. The third-order valence-electron chi connectivity index (χ3n) is 4.68.